The zero-order valence-electron chi connectivity index (χ0n) is 27.9. The summed E-state index contributed by atoms with van der Waals surface area (Å²) in [4.78, 5) is 15.7. The van der Waals surface area contributed by atoms with Crippen LogP contribution in [0.15, 0.2) is 168 Å². The van der Waals surface area contributed by atoms with Crippen molar-refractivity contribution in [1.82, 2.24) is 15.0 Å². The van der Waals surface area contributed by atoms with Crippen LogP contribution in [0.4, 0.5) is 0 Å². The van der Waals surface area contributed by atoms with E-state index in [0.29, 0.717) is 17.5 Å². The van der Waals surface area contributed by atoms with Crippen LogP contribution in [-0.2, 0) is 0 Å². The Morgan fingerprint density at radius 3 is 2.04 bits per heavy atom. The topological polar surface area (TPSA) is 61.0 Å². The van der Waals surface area contributed by atoms with Crippen LogP contribution in [0.2, 0.25) is 0 Å². The highest BCUT2D eigenvalue weighted by atomic mass is 16.5. The summed E-state index contributed by atoms with van der Waals surface area (Å²) in [5, 5.41) is 6.81. The van der Waals surface area contributed by atoms with Gasteiger partial charge in [-0.3, -0.25) is 0 Å². The number of allylic oxidation sites excluding steroid dienone is 2. The van der Waals surface area contributed by atoms with Gasteiger partial charge in [-0.25, -0.2) is 15.0 Å². The Bertz CT molecular complexity index is 2960. The van der Waals surface area contributed by atoms with E-state index in [1.807, 2.05) is 36.4 Å². The van der Waals surface area contributed by atoms with Gasteiger partial charge in [-0.15, -0.1) is 0 Å². The predicted octanol–water partition coefficient (Wildman–Crippen LogP) is 11.4. The quantitative estimate of drug-likeness (QED) is 0.175. The summed E-state index contributed by atoms with van der Waals surface area (Å²) in [6.07, 6.45) is 4.04. The molecule has 2 atom stereocenters. The lowest BCUT2D eigenvalue weighted by molar-refractivity contribution is 0.281. The number of hydrogen-bond donors (Lipinski definition) is 0. The molecule has 0 saturated heterocycles. The molecule has 1 aliphatic heterocycles. The fourth-order valence-electron chi connectivity index (χ4n) is 8.18. The zero-order chi connectivity index (χ0) is 34.2. The molecule has 0 radical (unpaired) electrons. The van der Waals surface area contributed by atoms with Crippen molar-refractivity contribution in [2.45, 2.75) is 12.0 Å². The summed E-state index contributed by atoms with van der Waals surface area (Å²) in [5.41, 5.74) is 7.82. The van der Waals surface area contributed by atoms with Gasteiger partial charge in [-0.1, -0.05) is 146 Å². The maximum absolute atomic E-state index is 6.87. The van der Waals surface area contributed by atoms with Crippen molar-refractivity contribution in [3.05, 3.63) is 181 Å². The van der Waals surface area contributed by atoms with E-state index in [2.05, 4.69) is 127 Å². The van der Waals surface area contributed by atoms with Gasteiger partial charge < -0.3 is 9.15 Å². The molecule has 3 heterocycles. The Kier molecular flexibility index (Phi) is 6.31. The van der Waals surface area contributed by atoms with E-state index in [9.17, 15) is 0 Å². The van der Waals surface area contributed by atoms with Gasteiger partial charge >= 0.3 is 0 Å². The highest BCUT2D eigenvalue weighted by molar-refractivity contribution is 6.13. The maximum atomic E-state index is 6.87. The van der Waals surface area contributed by atoms with Gasteiger partial charge in [-0.05, 0) is 39.7 Å². The molecule has 2 unspecified atom stereocenters. The number of aromatic nitrogens is 3. The van der Waals surface area contributed by atoms with E-state index in [1.165, 1.54) is 10.8 Å². The van der Waals surface area contributed by atoms with E-state index in [-0.39, 0.29) is 12.0 Å². The minimum absolute atomic E-state index is 0.150. The standard InChI is InChI=1S/C47H29N3O2/c1-2-13-28(14-3-1)45-48-46(50-47(49-45)39-27-29-15-4-5-16-30(29)31-17-6-7-18-32(31)39)38-26-25-36(44-42(38)37-20-9-11-24-41(37)52-44)35-22-12-21-34-33-19-8-10-23-40(33)51-43(34)35/h1-27,42,44H. The van der Waals surface area contributed by atoms with Crippen molar-refractivity contribution in [1.29, 1.82) is 0 Å². The molecule has 7 aromatic carbocycles. The average molecular weight is 668 g/mol. The van der Waals surface area contributed by atoms with Crippen molar-refractivity contribution in [3.8, 4) is 28.5 Å². The molecule has 9 aromatic rings. The first-order valence-electron chi connectivity index (χ1n) is 17.6. The van der Waals surface area contributed by atoms with Crippen molar-refractivity contribution in [3.63, 3.8) is 0 Å². The van der Waals surface area contributed by atoms with Crippen LogP contribution in [0.1, 0.15) is 22.9 Å². The Labute approximate surface area is 299 Å². The molecule has 52 heavy (non-hydrogen) atoms. The van der Waals surface area contributed by atoms with Crippen molar-refractivity contribution >= 4 is 54.6 Å². The van der Waals surface area contributed by atoms with Crippen LogP contribution in [-0.4, -0.2) is 21.1 Å². The Balaban J connectivity index is 1.16. The van der Waals surface area contributed by atoms with Gasteiger partial charge in [-0.2, -0.15) is 0 Å². The molecular weight excluding hydrogens is 639 g/mol. The van der Waals surface area contributed by atoms with Crippen LogP contribution in [0.3, 0.4) is 0 Å². The second-order valence-corrected chi connectivity index (χ2v) is 13.4. The Morgan fingerprint density at radius 1 is 0.462 bits per heavy atom. The maximum Gasteiger partial charge on any atom is 0.164 e. The number of rotatable bonds is 4. The first-order valence-corrected chi connectivity index (χ1v) is 17.6. The van der Waals surface area contributed by atoms with Crippen molar-refractivity contribution < 1.29 is 9.15 Å². The molecule has 1 aliphatic carbocycles. The van der Waals surface area contributed by atoms with Crippen molar-refractivity contribution in [2.24, 2.45) is 0 Å². The Morgan fingerprint density at radius 2 is 1.13 bits per heavy atom. The third-order valence-corrected chi connectivity index (χ3v) is 10.5. The number of nitrogens with zero attached hydrogens (tertiary/aromatic N) is 3. The molecule has 0 amide bonds. The van der Waals surface area contributed by atoms with Gasteiger partial charge in [0, 0.05) is 44.2 Å². The average Bonchev–Trinajstić information content (AvgIpc) is 3.80. The molecule has 5 heteroatoms. The summed E-state index contributed by atoms with van der Waals surface area (Å²) >= 11 is 0. The number of hydrogen-bond acceptors (Lipinski definition) is 5. The second-order valence-electron chi connectivity index (χ2n) is 13.4. The molecule has 0 spiro atoms. The smallest absolute Gasteiger partial charge is 0.164 e. The molecule has 2 aromatic heterocycles. The molecule has 0 bridgehead atoms. The normalized spacial score (nSPS) is 16.5. The molecule has 244 valence electrons. The highest BCUT2D eigenvalue weighted by Crippen LogP contribution is 2.52. The lowest BCUT2D eigenvalue weighted by atomic mass is 9.78. The second kappa shape index (κ2) is 11.3. The van der Waals surface area contributed by atoms with E-state index in [0.717, 1.165) is 71.9 Å². The lowest BCUT2D eigenvalue weighted by Gasteiger charge is -2.27. The molecular formula is C47H29N3O2. The third kappa shape index (κ3) is 4.39. The summed E-state index contributed by atoms with van der Waals surface area (Å²) in [6, 6.07) is 52.3. The predicted molar refractivity (Wildman–Crippen MR) is 209 cm³/mol. The number of furan rings is 1. The van der Waals surface area contributed by atoms with Crippen LogP contribution >= 0.6 is 0 Å². The molecule has 2 aliphatic rings. The molecule has 0 saturated carbocycles. The minimum atomic E-state index is -0.307. The van der Waals surface area contributed by atoms with Crippen LogP contribution in [0, 0.1) is 0 Å². The first-order chi connectivity index (χ1) is 25.8. The zero-order valence-corrected chi connectivity index (χ0v) is 27.9. The summed E-state index contributed by atoms with van der Waals surface area (Å²) in [7, 11) is 0. The highest BCUT2D eigenvalue weighted by Gasteiger charge is 2.43. The van der Waals surface area contributed by atoms with Gasteiger partial charge in [0.25, 0.3) is 0 Å². The summed E-state index contributed by atoms with van der Waals surface area (Å²) < 4.78 is 13.4. The SMILES string of the molecule is C1=C(c2cccc3c2oc2ccccc23)C2Oc3ccccc3C2C(c2nc(-c3ccccc3)nc(-c3cc4ccccc4c4ccccc34)n2)=C1. The molecule has 0 N–H and O–H groups in total. The third-order valence-electron chi connectivity index (χ3n) is 10.5. The summed E-state index contributed by atoms with van der Waals surface area (Å²) in [6.45, 7) is 0. The Hall–Kier alpha value is -6.85. The van der Waals surface area contributed by atoms with Crippen molar-refractivity contribution in [2.75, 3.05) is 0 Å². The van der Waals surface area contributed by atoms with Crippen LogP contribution < -0.4 is 4.74 Å². The molecule has 5 nitrogen and oxygen atoms in total. The number of ether oxygens (including phenoxy) is 1. The number of para-hydroxylation sites is 3. The summed E-state index contributed by atoms with van der Waals surface area (Å²) in [5.74, 6) is 2.62. The van der Waals surface area contributed by atoms with Crippen LogP contribution in [0.5, 0.6) is 5.75 Å². The van der Waals surface area contributed by atoms with E-state index < -0.39 is 0 Å². The fourth-order valence-corrected chi connectivity index (χ4v) is 8.18. The number of fused-ring (bicyclic) bond motifs is 9. The van der Waals surface area contributed by atoms with Gasteiger partial charge in [0.15, 0.2) is 17.5 Å². The fraction of sp³-hybridized carbons (Fsp3) is 0.0426. The van der Waals surface area contributed by atoms with E-state index in [1.54, 1.807) is 0 Å². The largest absolute Gasteiger partial charge is 0.484 e. The minimum Gasteiger partial charge on any atom is -0.484 e. The monoisotopic (exact) mass is 667 g/mol. The van der Waals surface area contributed by atoms with E-state index >= 15 is 0 Å². The lowest BCUT2D eigenvalue weighted by Crippen LogP contribution is -2.25. The van der Waals surface area contributed by atoms with Gasteiger partial charge in [0.1, 0.15) is 23.0 Å². The molecule has 11 rings (SSSR count). The van der Waals surface area contributed by atoms with Gasteiger partial charge in [0.2, 0.25) is 0 Å². The van der Waals surface area contributed by atoms with Gasteiger partial charge in [0.05, 0.1) is 5.92 Å². The molecule has 0 fully saturated rings. The van der Waals surface area contributed by atoms with Crippen LogP contribution in [0.25, 0.3) is 77.4 Å². The van der Waals surface area contributed by atoms with E-state index in [4.69, 9.17) is 24.1 Å². The number of benzene rings is 7. The first kappa shape index (κ1) is 28.9.